The van der Waals surface area contributed by atoms with E-state index in [0.717, 1.165) is 38.6 Å². The van der Waals surface area contributed by atoms with Gasteiger partial charge < -0.3 is 0 Å². The summed E-state index contributed by atoms with van der Waals surface area (Å²) in [7, 11) is 0. The van der Waals surface area contributed by atoms with Crippen LogP contribution in [-0.4, -0.2) is 20.2 Å². The summed E-state index contributed by atoms with van der Waals surface area (Å²) in [6, 6.07) is 0. The van der Waals surface area contributed by atoms with Crippen LogP contribution < -0.4 is 0 Å². The molecule has 2 heterocycles. The highest BCUT2D eigenvalue weighted by molar-refractivity contribution is 8.01. The molecule has 0 saturated heterocycles. The zero-order valence-electron chi connectivity index (χ0n) is 10.4. The minimum Gasteiger partial charge on any atom is -0.226 e. The van der Waals surface area contributed by atoms with Gasteiger partial charge >= 0.3 is 0 Å². The summed E-state index contributed by atoms with van der Waals surface area (Å²) in [5, 5.41) is 10.4. The number of halogens is 1. The molecule has 0 amide bonds. The number of aryl methyl sites for hydroxylation is 2. The Kier molecular flexibility index (Phi) is 4.53. The van der Waals surface area contributed by atoms with E-state index in [-0.39, 0.29) is 0 Å². The van der Waals surface area contributed by atoms with Crippen molar-refractivity contribution in [1.82, 2.24) is 20.2 Å². The third kappa shape index (κ3) is 3.18. The Balaban J connectivity index is 2.31. The molecule has 0 unspecified atom stereocenters. The molecular weight excluding hydrogens is 288 g/mol. The minimum absolute atomic E-state index is 0.525. The van der Waals surface area contributed by atoms with Crippen molar-refractivity contribution in [3.05, 3.63) is 21.5 Å². The van der Waals surface area contributed by atoms with Crippen LogP contribution in [0.3, 0.4) is 0 Å². The Morgan fingerprint density at radius 3 is 2.61 bits per heavy atom. The van der Waals surface area contributed by atoms with Crippen LogP contribution >= 0.6 is 34.7 Å². The third-order valence-corrected chi connectivity index (χ3v) is 4.60. The van der Waals surface area contributed by atoms with E-state index in [0.29, 0.717) is 5.15 Å². The molecule has 0 aliphatic carbocycles. The summed E-state index contributed by atoms with van der Waals surface area (Å²) in [6.07, 6.45) is 1.84. The van der Waals surface area contributed by atoms with Gasteiger partial charge in [0.1, 0.15) is 21.0 Å². The lowest BCUT2D eigenvalue weighted by atomic mass is 10.3. The van der Waals surface area contributed by atoms with Crippen LogP contribution in [0.25, 0.3) is 0 Å². The number of rotatable bonds is 4. The topological polar surface area (TPSA) is 51.6 Å². The number of nitrogens with zero attached hydrogens (tertiary/aromatic N) is 4. The normalized spacial score (nSPS) is 10.9. The van der Waals surface area contributed by atoms with Crippen LogP contribution in [-0.2, 0) is 6.42 Å². The van der Waals surface area contributed by atoms with Crippen LogP contribution in [0.5, 0.6) is 0 Å². The molecule has 0 N–H and O–H groups in total. The smallest absolute Gasteiger partial charge is 0.180 e. The minimum atomic E-state index is 0.525. The number of hydrogen-bond acceptors (Lipinski definition) is 6. The van der Waals surface area contributed by atoms with Crippen molar-refractivity contribution in [2.75, 3.05) is 0 Å². The first-order chi connectivity index (χ1) is 8.60. The monoisotopic (exact) mass is 300 g/mol. The van der Waals surface area contributed by atoms with Crippen molar-refractivity contribution in [2.45, 2.75) is 43.0 Å². The first kappa shape index (κ1) is 13.7. The maximum Gasteiger partial charge on any atom is 0.180 e. The first-order valence-electron chi connectivity index (χ1n) is 5.61. The fourth-order valence-corrected chi connectivity index (χ4v) is 3.42. The Hall–Kier alpha value is -0.720. The van der Waals surface area contributed by atoms with Gasteiger partial charge in [-0.25, -0.2) is 9.97 Å². The van der Waals surface area contributed by atoms with Gasteiger partial charge in [0.2, 0.25) is 0 Å². The molecule has 0 saturated carbocycles. The highest BCUT2D eigenvalue weighted by atomic mass is 35.5. The van der Waals surface area contributed by atoms with Gasteiger partial charge in [-0.15, -0.1) is 10.2 Å². The fourth-order valence-electron chi connectivity index (χ4n) is 1.35. The molecule has 7 heteroatoms. The summed E-state index contributed by atoms with van der Waals surface area (Å²) >= 11 is 9.18. The summed E-state index contributed by atoms with van der Waals surface area (Å²) in [5.41, 5.74) is 0.898. The third-order valence-electron chi connectivity index (χ3n) is 2.25. The second kappa shape index (κ2) is 5.95. The van der Waals surface area contributed by atoms with Gasteiger partial charge in [-0.1, -0.05) is 29.9 Å². The van der Waals surface area contributed by atoms with Crippen molar-refractivity contribution in [3.8, 4) is 0 Å². The molecule has 0 radical (unpaired) electrons. The lowest BCUT2D eigenvalue weighted by Crippen LogP contribution is -1.99. The van der Waals surface area contributed by atoms with E-state index in [2.05, 4.69) is 27.1 Å². The molecule has 0 aliphatic rings. The maximum absolute atomic E-state index is 6.13. The molecule has 0 bridgehead atoms. The van der Waals surface area contributed by atoms with Crippen molar-refractivity contribution in [1.29, 1.82) is 0 Å². The molecule has 18 heavy (non-hydrogen) atoms. The van der Waals surface area contributed by atoms with E-state index in [1.165, 1.54) is 11.8 Å². The number of aromatic nitrogens is 4. The molecular formula is C11H13ClN4S2. The predicted octanol–water partition coefficient (Wildman–Crippen LogP) is 3.70. The van der Waals surface area contributed by atoms with Gasteiger partial charge in [0.15, 0.2) is 4.34 Å². The molecule has 0 aliphatic heterocycles. The highest BCUT2D eigenvalue weighted by Crippen LogP contribution is 2.32. The molecule has 0 fully saturated rings. The van der Waals surface area contributed by atoms with E-state index in [1.807, 2.05) is 13.8 Å². The molecule has 4 nitrogen and oxygen atoms in total. The van der Waals surface area contributed by atoms with Crippen molar-refractivity contribution in [2.24, 2.45) is 0 Å². The molecule has 0 spiro atoms. The zero-order chi connectivity index (χ0) is 13.1. The Morgan fingerprint density at radius 2 is 2.00 bits per heavy atom. The molecule has 2 aromatic rings. The van der Waals surface area contributed by atoms with Crippen molar-refractivity contribution in [3.63, 3.8) is 0 Å². The van der Waals surface area contributed by atoms with Crippen molar-refractivity contribution >= 4 is 34.7 Å². The standard InChI is InChI=1S/C11H13ClN4S2/c1-4-5-8-13-9(12)6(2)10(14-8)18-11-16-15-7(3)17-11/h4-5H2,1-3H3. The molecule has 96 valence electrons. The largest absolute Gasteiger partial charge is 0.226 e. The average molecular weight is 301 g/mol. The van der Waals surface area contributed by atoms with Crippen LogP contribution in [0.2, 0.25) is 5.15 Å². The lowest BCUT2D eigenvalue weighted by molar-refractivity contribution is 0.801. The summed E-state index contributed by atoms with van der Waals surface area (Å²) in [6.45, 7) is 5.95. The van der Waals surface area contributed by atoms with Gasteiger partial charge in [-0.05, 0) is 32.0 Å². The molecule has 0 aromatic carbocycles. The van der Waals surface area contributed by atoms with Crippen LogP contribution in [0.4, 0.5) is 0 Å². The van der Waals surface area contributed by atoms with Crippen molar-refractivity contribution < 1.29 is 0 Å². The van der Waals surface area contributed by atoms with Gasteiger partial charge in [0.05, 0.1) is 0 Å². The van der Waals surface area contributed by atoms with E-state index < -0.39 is 0 Å². The van der Waals surface area contributed by atoms with Gasteiger partial charge in [0, 0.05) is 12.0 Å². The Bertz CT molecular complexity index is 556. The van der Waals surface area contributed by atoms with E-state index in [9.17, 15) is 0 Å². The summed E-state index contributed by atoms with van der Waals surface area (Å²) in [4.78, 5) is 8.81. The maximum atomic E-state index is 6.13. The van der Waals surface area contributed by atoms with Gasteiger partial charge in [0.25, 0.3) is 0 Å². The lowest BCUT2D eigenvalue weighted by Gasteiger charge is -2.06. The quantitative estimate of drug-likeness (QED) is 0.806. The molecule has 2 rings (SSSR count). The van der Waals surface area contributed by atoms with Gasteiger partial charge in [-0.3, -0.25) is 0 Å². The number of hydrogen-bond donors (Lipinski definition) is 0. The summed E-state index contributed by atoms with van der Waals surface area (Å²) < 4.78 is 0.882. The van der Waals surface area contributed by atoms with E-state index in [1.54, 1.807) is 11.3 Å². The fraction of sp³-hybridized carbons (Fsp3) is 0.455. The van der Waals surface area contributed by atoms with E-state index >= 15 is 0 Å². The van der Waals surface area contributed by atoms with Crippen LogP contribution in [0.1, 0.15) is 29.7 Å². The van der Waals surface area contributed by atoms with E-state index in [4.69, 9.17) is 11.6 Å². The average Bonchev–Trinajstić information content (AvgIpc) is 2.71. The van der Waals surface area contributed by atoms with Crippen LogP contribution in [0, 0.1) is 13.8 Å². The second-order valence-electron chi connectivity index (χ2n) is 3.80. The summed E-state index contributed by atoms with van der Waals surface area (Å²) in [5.74, 6) is 0.789. The first-order valence-corrected chi connectivity index (χ1v) is 7.62. The highest BCUT2D eigenvalue weighted by Gasteiger charge is 2.12. The van der Waals surface area contributed by atoms with Gasteiger partial charge in [-0.2, -0.15) is 0 Å². The van der Waals surface area contributed by atoms with Crippen LogP contribution in [0.15, 0.2) is 9.37 Å². The predicted molar refractivity (Wildman–Crippen MR) is 74.5 cm³/mol. The molecule has 0 atom stereocenters. The molecule has 2 aromatic heterocycles. The Labute approximate surface area is 119 Å². The SMILES string of the molecule is CCCc1nc(Cl)c(C)c(Sc2nnc(C)s2)n1. The Morgan fingerprint density at radius 1 is 1.22 bits per heavy atom. The second-order valence-corrected chi connectivity index (χ2v) is 6.58. The zero-order valence-corrected chi connectivity index (χ0v) is 12.8.